The molecule has 2 heterocycles. The Balaban J connectivity index is 1.91. The predicted molar refractivity (Wildman–Crippen MR) is 76.6 cm³/mol. The number of hydrogen-bond acceptors (Lipinski definition) is 8. The van der Waals surface area contributed by atoms with Gasteiger partial charge in [0.2, 0.25) is 5.13 Å². The molecule has 2 aromatic heterocycles. The molecule has 1 N–H and O–H groups in total. The quantitative estimate of drug-likeness (QED) is 0.828. The first kappa shape index (κ1) is 13.7. The van der Waals surface area contributed by atoms with E-state index >= 15 is 0 Å². The average Bonchev–Trinajstić information content (AvgIpc) is 3.04. The molecule has 0 aliphatic rings. The first-order valence-electron chi connectivity index (χ1n) is 5.34. The number of thioether (sulfide) groups is 1. The van der Waals surface area contributed by atoms with E-state index in [-0.39, 0.29) is 6.10 Å². The molecule has 0 fully saturated rings. The van der Waals surface area contributed by atoms with Gasteiger partial charge < -0.3 is 10.1 Å². The Morgan fingerprint density at radius 2 is 2.33 bits per heavy atom. The molecule has 0 radical (unpaired) electrons. The molecular weight excluding hydrogens is 288 g/mol. The van der Waals surface area contributed by atoms with Crippen molar-refractivity contribution >= 4 is 39.6 Å². The van der Waals surface area contributed by atoms with E-state index in [0.29, 0.717) is 0 Å². The average molecular weight is 302 g/mol. The van der Waals surface area contributed by atoms with Crippen molar-refractivity contribution in [3.05, 3.63) is 16.1 Å². The van der Waals surface area contributed by atoms with Gasteiger partial charge in [-0.05, 0) is 6.92 Å². The molecule has 5 nitrogen and oxygen atoms in total. The van der Waals surface area contributed by atoms with Crippen LogP contribution in [0, 0.1) is 0 Å². The minimum Gasteiger partial charge on any atom is -0.375 e. The smallest absolute Gasteiger partial charge is 0.206 e. The highest BCUT2D eigenvalue weighted by atomic mass is 32.2. The Kier molecular flexibility index (Phi) is 4.93. The number of aromatic nitrogens is 3. The Hall–Kier alpha value is -0.700. The monoisotopic (exact) mass is 302 g/mol. The number of ether oxygens (including phenoxy) is 1. The fraction of sp³-hybridized carbons (Fsp3) is 0.500. The largest absolute Gasteiger partial charge is 0.375 e. The Morgan fingerprint density at radius 3 is 3.00 bits per heavy atom. The summed E-state index contributed by atoms with van der Waals surface area (Å²) in [5, 5.41) is 15.0. The minimum absolute atomic E-state index is 0.0613. The molecule has 0 aliphatic heterocycles. The molecule has 2 rings (SSSR count). The molecule has 0 spiro atoms. The lowest BCUT2D eigenvalue weighted by atomic mass is 10.4. The van der Waals surface area contributed by atoms with Crippen LogP contribution in [0.3, 0.4) is 0 Å². The summed E-state index contributed by atoms with van der Waals surface area (Å²) in [6, 6.07) is 0. The first-order valence-corrected chi connectivity index (χ1v) is 8.02. The molecule has 8 heteroatoms. The van der Waals surface area contributed by atoms with E-state index in [4.69, 9.17) is 4.74 Å². The van der Waals surface area contributed by atoms with E-state index in [1.165, 1.54) is 0 Å². The second-order valence-electron chi connectivity index (χ2n) is 3.47. The van der Waals surface area contributed by atoms with Gasteiger partial charge in [0, 0.05) is 25.3 Å². The van der Waals surface area contributed by atoms with Crippen LogP contribution in [0.5, 0.6) is 0 Å². The van der Waals surface area contributed by atoms with Crippen LogP contribution >= 0.6 is 34.4 Å². The van der Waals surface area contributed by atoms with Crippen LogP contribution in [0.2, 0.25) is 0 Å². The SMILES string of the molecule is CNc1nnc(SCc2csc([C@@H](C)OC)n2)s1. The lowest BCUT2D eigenvalue weighted by Crippen LogP contribution is -1.94. The minimum atomic E-state index is 0.0613. The third-order valence-corrected chi connectivity index (χ3v) is 5.40. The highest BCUT2D eigenvalue weighted by molar-refractivity contribution is 8.00. The molecule has 0 amide bonds. The molecule has 0 saturated carbocycles. The standard InChI is InChI=1S/C10H14N4OS3/c1-6(15-3)8-12-7(4-16-8)5-17-10-14-13-9(11-2)18-10/h4,6H,5H2,1-3H3,(H,11,13)/t6-/m1/s1. The summed E-state index contributed by atoms with van der Waals surface area (Å²) < 4.78 is 6.20. The van der Waals surface area contributed by atoms with E-state index in [0.717, 1.165) is 25.9 Å². The zero-order valence-electron chi connectivity index (χ0n) is 10.3. The van der Waals surface area contributed by atoms with Crippen LogP contribution < -0.4 is 5.32 Å². The summed E-state index contributed by atoms with van der Waals surface area (Å²) in [6.45, 7) is 2.00. The summed E-state index contributed by atoms with van der Waals surface area (Å²) in [7, 11) is 3.54. The number of nitrogens with zero attached hydrogens (tertiary/aromatic N) is 3. The fourth-order valence-electron chi connectivity index (χ4n) is 1.18. The summed E-state index contributed by atoms with van der Waals surface area (Å²) in [4.78, 5) is 4.54. The van der Waals surface area contributed by atoms with Crippen molar-refractivity contribution in [1.29, 1.82) is 0 Å². The van der Waals surface area contributed by atoms with E-state index in [1.54, 1.807) is 41.5 Å². The van der Waals surface area contributed by atoms with Crippen LogP contribution in [-0.2, 0) is 10.5 Å². The summed E-state index contributed by atoms with van der Waals surface area (Å²) in [6.07, 6.45) is 0.0613. The molecule has 1 atom stereocenters. The summed E-state index contributed by atoms with van der Waals surface area (Å²) in [5.41, 5.74) is 1.06. The van der Waals surface area contributed by atoms with Gasteiger partial charge in [-0.25, -0.2) is 4.98 Å². The summed E-state index contributed by atoms with van der Waals surface area (Å²) in [5.74, 6) is 0.811. The number of hydrogen-bond donors (Lipinski definition) is 1. The molecule has 0 unspecified atom stereocenters. The van der Waals surface area contributed by atoms with Crippen LogP contribution in [0.1, 0.15) is 23.7 Å². The zero-order chi connectivity index (χ0) is 13.0. The van der Waals surface area contributed by atoms with Crippen LogP contribution in [-0.4, -0.2) is 29.3 Å². The van der Waals surface area contributed by atoms with Gasteiger partial charge in [0.1, 0.15) is 11.1 Å². The Bertz CT molecular complexity index is 499. The zero-order valence-corrected chi connectivity index (χ0v) is 12.8. The second-order valence-corrected chi connectivity index (χ2v) is 6.56. The molecular formula is C10H14N4OS3. The van der Waals surface area contributed by atoms with Crippen molar-refractivity contribution in [2.75, 3.05) is 19.5 Å². The normalized spacial score (nSPS) is 12.6. The second kappa shape index (κ2) is 6.46. The molecule has 2 aromatic rings. The van der Waals surface area contributed by atoms with Gasteiger partial charge in [-0.1, -0.05) is 23.1 Å². The fourth-order valence-corrected chi connectivity index (χ4v) is 3.74. The van der Waals surface area contributed by atoms with Gasteiger partial charge in [0.25, 0.3) is 0 Å². The van der Waals surface area contributed by atoms with Crippen molar-refractivity contribution in [2.24, 2.45) is 0 Å². The van der Waals surface area contributed by atoms with Gasteiger partial charge in [0.05, 0.1) is 5.69 Å². The number of rotatable bonds is 6. The summed E-state index contributed by atoms with van der Waals surface area (Å²) >= 11 is 4.83. The highest BCUT2D eigenvalue weighted by Gasteiger charge is 2.10. The van der Waals surface area contributed by atoms with Crippen molar-refractivity contribution in [1.82, 2.24) is 15.2 Å². The molecule has 18 heavy (non-hydrogen) atoms. The van der Waals surface area contributed by atoms with Gasteiger partial charge in [-0.2, -0.15) is 0 Å². The number of thiazole rings is 1. The van der Waals surface area contributed by atoms with Gasteiger partial charge in [0.15, 0.2) is 4.34 Å². The molecule has 98 valence electrons. The Labute approximate surface area is 118 Å². The van der Waals surface area contributed by atoms with Crippen molar-refractivity contribution < 1.29 is 4.74 Å². The lowest BCUT2D eigenvalue weighted by Gasteiger charge is -2.03. The highest BCUT2D eigenvalue weighted by Crippen LogP contribution is 2.29. The van der Waals surface area contributed by atoms with Crippen LogP contribution in [0.15, 0.2) is 9.72 Å². The topological polar surface area (TPSA) is 59.9 Å². The van der Waals surface area contributed by atoms with Crippen LogP contribution in [0.4, 0.5) is 5.13 Å². The van der Waals surface area contributed by atoms with Crippen LogP contribution in [0.25, 0.3) is 0 Å². The van der Waals surface area contributed by atoms with Gasteiger partial charge in [-0.15, -0.1) is 21.5 Å². The molecule has 0 aromatic carbocycles. The molecule has 0 bridgehead atoms. The maximum atomic E-state index is 5.24. The van der Waals surface area contributed by atoms with E-state index < -0.39 is 0 Å². The maximum absolute atomic E-state index is 5.24. The number of methoxy groups -OCH3 is 1. The van der Waals surface area contributed by atoms with Crippen molar-refractivity contribution in [2.45, 2.75) is 23.1 Å². The lowest BCUT2D eigenvalue weighted by molar-refractivity contribution is 0.119. The van der Waals surface area contributed by atoms with E-state index in [2.05, 4.69) is 25.9 Å². The van der Waals surface area contributed by atoms with Crippen molar-refractivity contribution in [3.63, 3.8) is 0 Å². The number of nitrogens with one attached hydrogen (secondary N) is 1. The van der Waals surface area contributed by atoms with Gasteiger partial charge in [-0.3, -0.25) is 0 Å². The third-order valence-electron chi connectivity index (χ3n) is 2.23. The van der Waals surface area contributed by atoms with Gasteiger partial charge >= 0.3 is 0 Å². The molecule has 0 aliphatic carbocycles. The maximum Gasteiger partial charge on any atom is 0.206 e. The Morgan fingerprint density at radius 1 is 1.50 bits per heavy atom. The predicted octanol–water partition coefficient (Wildman–Crippen LogP) is 3.04. The van der Waals surface area contributed by atoms with Crippen molar-refractivity contribution in [3.8, 4) is 0 Å². The first-order chi connectivity index (χ1) is 8.72. The van der Waals surface area contributed by atoms with E-state index in [1.807, 2.05) is 14.0 Å². The molecule has 0 saturated heterocycles. The number of anilines is 1. The third kappa shape index (κ3) is 3.41. The van der Waals surface area contributed by atoms with E-state index in [9.17, 15) is 0 Å².